The molecule has 248 valence electrons. The van der Waals surface area contributed by atoms with E-state index in [9.17, 15) is 18.0 Å². The molecule has 1 N–H and O–H groups in total. The number of carbonyl (C=O) groups is 2. The maximum Gasteiger partial charge on any atom is 0.264 e. The molecule has 0 spiro atoms. The van der Waals surface area contributed by atoms with Crippen molar-refractivity contribution in [2.24, 2.45) is 0 Å². The number of ether oxygens (including phenoxy) is 1. The summed E-state index contributed by atoms with van der Waals surface area (Å²) in [7, 11) is -2.90. The average Bonchev–Trinajstić information content (AvgIpc) is 3.05. The van der Waals surface area contributed by atoms with Gasteiger partial charge in [-0.1, -0.05) is 94.6 Å². The Labute approximate surface area is 290 Å². The maximum atomic E-state index is 14.7. The van der Waals surface area contributed by atoms with E-state index in [1.807, 2.05) is 75.4 Å². The Morgan fingerprint density at radius 1 is 0.936 bits per heavy atom. The molecule has 4 aromatic rings. The van der Waals surface area contributed by atoms with Crippen molar-refractivity contribution in [2.75, 3.05) is 18.0 Å². The highest BCUT2D eigenvalue weighted by Gasteiger charge is 2.36. The van der Waals surface area contributed by atoms with Crippen molar-refractivity contribution in [2.45, 2.75) is 57.1 Å². The summed E-state index contributed by atoms with van der Waals surface area (Å²) in [6.07, 6.45) is 0.911. The number of hydrogen-bond donors (Lipinski definition) is 1. The number of sulfonamides is 1. The molecule has 0 aromatic heterocycles. The smallest absolute Gasteiger partial charge is 0.264 e. The van der Waals surface area contributed by atoms with Crippen LogP contribution in [0.2, 0.25) is 5.02 Å². The zero-order valence-corrected chi connectivity index (χ0v) is 30.0. The molecule has 0 radical (unpaired) electrons. The van der Waals surface area contributed by atoms with E-state index in [0.29, 0.717) is 6.42 Å². The summed E-state index contributed by atoms with van der Waals surface area (Å²) >= 11 is 9.88. The number of carbonyl (C=O) groups excluding carboxylic acids is 2. The number of aryl methyl sites for hydroxylation is 1. The van der Waals surface area contributed by atoms with Gasteiger partial charge in [-0.3, -0.25) is 13.9 Å². The molecule has 0 aliphatic heterocycles. The fourth-order valence-electron chi connectivity index (χ4n) is 5.04. The Balaban J connectivity index is 1.86. The molecule has 0 heterocycles. The molecule has 0 aliphatic carbocycles. The molecule has 11 heteroatoms. The number of benzene rings is 4. The molecule has 8 nitrogen and oxygen atoms in total. The Kier molecular flexibility index (Phi) is 12.5. The quantitative estimate of drug-likeness (QED) is 0.148. The predicted octanol–water partition coefficient (Wildman–Crippen LogP) is 7.17. The fraction of sp³-hybridized carbons (Fsp3) is 0.278. The van der Waals surface area contributed by atoms with Gasteiger partial charge in [0.2, 0.25) is 11.8 Å². The molecule has 4 rings (SSSR count). The summed E-state index contributed by atoms with van der Waals surface area (Å²) in [6.45, 7) is 5.15. The lowest BCUT2D eigenvalue weighted by molar-refractivity contribution is -0.140. The average molecular weight is 741 g/mol. The minimum Gasteiger partial charge on any atom is -0.495 e. The highest BCUT2D eigenvalue weighted by Crippen LogP contribution is 2.35. The predicted molar refractivity (Wildman–Crippen MR) is 190 cm³/mol. The zero-order chi connectivity index (χ0) is 34.1. The number of hydrogen-bond acceptors (Lipinski definition) is 5. The molecule has 0 unspecified atom stereocenters. The molecule has 4 aromatic carbocycles. The Morgan fingerprint density at radius 3 is 2.26 bits per heavy atom. The molecule has 0 aliphatic rings. The number of methoxy groups -OCH3 is 1. The van der Waals surface area contributed by atoms with Gasteiger partial charge >= 0.3 is 0 Å². The van der Waals surface area contributed by atoms with Crippen LogP contribution in [0.3, 0.4) is 0 Å². The zero-order valence-electron chi connectivity index (χ0n) is 26.8. The van der Waals surface area contributed by atoms with Gasteiger partial charge in [0.1, 0.15) is 18.3 Å². The van der Waals surface area contributed by atoms with Crippen LogP contribution in [0.25, 0.3) is 0 Å². The van der Waals surface area contributed by atoms with Crippen molar-refractivity contribution in [1.29, 1.82) is 0 Å². The highest BCUT2D eigenvalue weighted by atomic mass is 79.9. The number of nitrogens with zero attached hydrogens (tertiary/aromatic N) is 2. The summed E-state index contributed by atoms with van der Waals surface area (Å²) in [5.74, 6) is -0.700. The Hall–Kier alpha value is -3.86. The minimum atomic E-state index is -4.32. The summed E-state index contributed by atoms with van der Waals surface area (Å²) in [6, 6.07) is 26.7. The Morgan fingerprint density at radius 2 is 1.62 bits per heavy atom. The summed E-state index contributed by atoms with van der Waals surface area (Å²) in [5, 5.41) is 3.31. The molecule has 0 bridgehead atoms. The van der Waals surface area contributed by atoms with Crippen LogP contribution in [-0.2, 0) is 32.6 Å². The minimum absolute atomic E-state index is 0.00758. The SMILES string of the molecule is CC[C@H](C)NC(=O)[C@@H](Cc1ccccc1)N(Cc1cccc(Br)c1)C(=O)CN(c1cc(Cl)ccc1OC)S(=O)(=O)c1ccc(C)cc1. The molecular formula is C36H39BrClN3O5S. The van der Waals surface area contributed by atoms with E-state index in [1.54, 1.807) is 24.3 Å². The van der Waals surface area contributed by atoms with Crippen LogP contribution in [0.4, 0.5) is 5.69 Å². The van der Waals surface area contributed by atoms with Crippen LogP contribution in [0.1, 0.15) is 37.0 Å². The molecule has 2 atom stereocenters. The van der Waals surface area contributed by atoms with Gasteiger partial charge in [-0.2, -0.15) is 0 Å². The number of amides is 2. The normalized spacial score (nSPS) is 12.6. The molecular weight excluding hydrogens is 702 g/mol. The van der Waals surface area contributed by atoms with Gasteiger partial charge in [-0.15, -0.1) is 0 Å². The first-order valence-electron chi connectivity index (χ1n) is 15.2. The van der Waals surface area contributed by atoms with E-state index in [-0.39, 0.29) is 46.3 Å². The third-order valence-corrected chi connectivity index (χ3v) is 10.3. The van der Waals surface area contributed by atoms with Gasteiger partial charge < -0.3 is 15.0 Å². The van der Waals surface area contributed by atoms with Gasteiger partial charge in [0.15, 0.2) is 0 Å². The first kappa shape index (κ1) is 36.0. The van der Waals surface area contributed by atoms with Gasteiger partial charge in [0, 0.05) is 28.5 Å². The van der Waals surface area contributed by atoms with Crippen LogP contribution in [0.15, 0.2) is 106 Å². The topological polar surface area (TPSA) is 96.0 Å². The van der Waals surface area contributed by atoms with Crippen molar-refractivity contribution >= 4 is 55.1 Å². The largest absolute Gasteiger partial charge is 0.495 e. The van der Waals surface area contributed by atoms with Crippen molar-refractivity contribution < 1.29 is 22.7 Å². The van der Waals surface area contributed by atoms with E-state index >= 15 is 0 Å². The molecule has 47 heavy (non-hydrogen) atoms. The third-order valence-electron chi connectivity index (χ3n) is 7.81. The van der Waals surface area contributed by atoms with E-state index in [2.05, 4.69) is 21.2 Å². The van der Waals surface area contributed by atoms with Crippen molar-refractivity contribution in [1.82, 2.24) is 10.2 Å². The number of nitrogens with one attached hydrogen (secondary N) is 1. The molecule has 0 fully saturated rings. The van der Waals surface area contributed by atoms with Crippen LogP contribution in [-0.4, -0.2) is 50.9 Å². The summed E-state index contributed by atoms with van der Waals surface area (Å²) < 4.78 is 36.0. The lowest BCUT2D eigenvalue weighted by Gasteiger charge is -2.34. The summed E-state index contributed by atoms with van der Waals surface area (Å²) in [5.41, 5.74) is 2.59. The van der Waals surface area contributed by atoms with E-state index in [1.165, 1.54) is 30.2 Å². The molecule has 0 saturated heterocycles. The van der Waals surface area contributed by atoms with E-state index in [4.69, 9.17) is 16.3 Å². The first-order chi connectivity index (χ1) is 22.4. The lowest BCUT2D eigenvalue weighted by atomic mass is 10.0. The van der Waals surface area contributed by atoms with Gasteiger partial charge in [-0.25, -0.2) is 8.42 Å². The van der Waals surface area contributed by atoms with Crippen LogP contribution in [0.5, 0.6) is 5.75 Å². The maximum absolute atomic E-state index is 14.7. The van der Waals surface area contributed by atoms with Gasteiger partial charge in [-0.05, 0) is 73.9 Å². The van der Waals surface area contributed by atoms with Gasteiger partial charge in [0.25, 0.3) is 10.0 Å². The fourth-order valence-corrected chi connectivity index (χ4v) is 7.07. The standard InChI is InChI=1S/C36H39BrClN3O5S/c1-5-26(3)39-36(43)33(21-27-10-7-6-8-11-27)40(23-28-12-9-13-29(37)20-28)35(42)24-41(32-22-30(38)16-19-34(32)46-4)47(44,45)31-17-14-25(2)15-18-31/h6-20,22,26,33H,5,21,23-24H2,1-4H3,(H,39,43)/t26-,33+/m0/s1. The summed E-state index contributed by atoms with van der Waals surface area (Å²) in [4.78, 5) is 30.1. The molecule has 2 amide bonds. The lowest BCUT2D eigenvalue weighted by Crippen LogP contribution is -2.54. The van der Waals surface area contributed by atoms with Crippen molar-refractivity contribution in [3.8, 4) is 5.75 Å². The Bertz CT molecular complexity index is 1790. The number of rotatable bonds is 14. The number of halogens is 2. The van der Waals surface area contributed by atoms with Crippen molar-refractivity contribution in [3.05, 3.63) is 123 Å². The third kappa shape index (κ3) is 9.37. The monoisotopic (exact) mass is 739 g/mol. The molecule has 0 saturated carbocycles. The first-order valence-corrected chi connectivity index (χ1v) is 17.8. The van der Waals surface area contributed by atoms with Crippen LogP contribution < -0.4 is 14.4 Å². The highest BCUT2D eigenvalue weighted by molar-refractivity contribution is 9.10. The van der Waals surface area contributed by atoms with Gasteiger partial charge in [0.05, 0.1) is 17.7 Å². The van der Waals surface area contributed by atoms with E-state index in [0.717, 1.165) is 25.5 Å². The second-order valence-corrected chi connectivity index (χ2v) is 14.5. The second-order valence-electron chi connectivity index (χ2n) is 11.3. The van der Waals surface area contributed by atoms with Crippen LogP contribution in [0, 0.1) is 6.92 Å². The van der Waals surface area contributed by atoms with E-state index < -0.39 is 28.5 Å². The van der Waals surface area contributed by atoms with Crippen molar-refractivity contribution in [3.63, 3.8) is 0 Å². The number of anilines is 1. The second kappa shape index (κ2) is 16.3. The van der Waals surface area contributed by atoms with Crippen LogP contribution >= 0.6 is 27.5 Å².